The van der Waals surface area contributed by atoms with E-state index in [0.29, 0.717) is 12.1 Å². The van der Waals surface area contributed by atoms with E-state index in [1.807, 2.05) is 0 Å². The highest BCUT2D eigenvalue weighted by atomic mass is 15.2. The van der Waals surface area contributed by atoms with Crippen LogP contribution in [0.4, 0.5) is 0 Å². The maximum absolute atomic E-state index is 3.72. The Morgan fingerprint density at radius 1 is 1.12 bits per heavy atom. The summed E-state index contributed by atoms with van der Waals surface area (Å²) in [5.74, 6) is 0.819. The summed E-state index contributed by atoms with van der Waals surface area (Å²) < 4.78 is 0. The van der Waals surface area contributed by atoms with Crippen LogP contribution < -0.4 is 5.32 Å². The number of rotatable bonds is 3. The molecule has 17 heavy (non-hydrogen) atoms. The zero-order valence-electron chi connectivity index (χ0n) is 11.8. The summed E-state index contributed by atoms with van der Waals surface area (Å²) >= 11 is 0. The molecule has 3 atom stereocenters. The van der Waals surface area contributed by atoms with Crippen LogP contribution in [0.15, 0.2) is 0 Å². The highest BCUT2D eigenvalue weighted by molar-refractivity contribution is 4.94. The number of likely N-dealkylation sites (tertiary alicyclic amines) is 1. The minimum absolute atomic E-state index is 0.625. The second kappa shape index (κ2) is 5.65. The maximum atomic E-state index is 3.72. The van der Waals surface area contributed by atoms with E-state index in [-0.39, 0.29) is 0 Å². The molecule has 2 aliphatic rings. The van der Waals surface area contributed by atoms with Crippen molar-refractivity contribution in [3.63, 3.8) is 0 Å². The normalized spacial score (nSPS) is 34.4. The van der Waals surface area contributed by atoms with Gasteiger partial charge in [-0.2, -0.15) is 0 Å². The third kappa shape index (κ3) is 3.19. The van der Waals surface area contributed by atoms with Gasteiger partial charge in [-0.1, -0.05) is 0 Å². The fourth-order valence-electron chi connectivity index (χ4n) is 3.52. The summed E-state index contributed by atoms with van der Waals surface area (Å²) in [7, 11) is 8.95. The molecule has 0 radical (unpaired) electrons. The lowest BCUT2D eigenvalue weighted by Gasteiger charge is -2.41. The summed E-state index contributed by atoms with van der Waals surface area (Å²) in [4.78, 5) is 7.35. The summed E-state index contributed by atoms with van der Waals surface area (Å²) in [6.07, 6.45) is 1.35. The molecule has 4 heteroatoms. The van der Waals surface area contributed by atoms with Crippen molar-refractivity contribution in [3.05, 3.63) is 0 Å². The fraction of sp³-hybridized carbons (Fsp3) is 1.00. The SMILES string of the molecule is CN1CCC(C(C2CN(C)CCN2)N(C)C)C1. The van der Waals surface area contributed by atoms with E-state index in [4.69, 9.17) is 0 Å². The van der Waals surface area contributed by atoms with Gasteiger partial charge in [0.2, 0.25) is 0 Å². The first-order valence-corrected chi connectivity index (χ1v) is 6.85. The van der Waals surface area contributed by atoms with Crippen LogP contribution in [0, 0.1) is 5.92 Å². The summed E-state index contributed by atoms with van der Waals surface area (Å²) in [5.41, 5.74) is 0. The van der Waals surface area contributed by atoms with Crippen molar-refractivity contribution in [3.8, 4) is 0 Å². The van der Waals surface area contributed by atoms with Gasteiger partial charge < -0.3 is 20.0 Å². The van der Waals surface area contributed by atoms with E-state index in [1.165, 1.54) is 32.6 Å². The van der Waals surface area contributed by atoms with E-state index < -0.39 is 0 Å². The standard InChI is InChI=1S/C13H28N4/c1-15(2)13(11-5-7-16(3)9-11)12-10-17(4)8-6-14-12/h11-14H,5-10H2,1-4H3. The van der Waals surface area contributed by atoms with Crippen LogP contribution in [0.5, 0.6) is 0 Å². The average molecular weight is 240 g/mol. The highest BCUT2D eigenvalue weighted by Crippen LogP contribution is 2.24. The highest BCUT2D eigenvalue weighted by Gasteiger charge is 2.36. The van der Waals surface area contributed by atoms with Crippen LogP contribution in [0.3, 0.4) is 0 Å². The Morgan fingerprint density at radius 3 is 2.35 bits per heavy atom. The number of piperazine rings is 1. The topological polar surface area (TPSA) is 21.8 Å². The molecule has 0 bridgehead atoms. The Morgan fingerprint density at radius 2 is 1.82 bits per heavy atom. The number of hydrogen-bond donors (Lipinski definition) is 1. The average Bonchev–Trinajstić information content (AvgIpc) is 2.64. The van der Waals surface area contributed by atoms with Gasteiger partial charge in [0.05, 0.1) is 0 Å². The number of nitrogens with zero attached hydrogens (tertiary/aromatic N) is 3. The first kappa shape index (κ1) is 13.3. The molecule has 0 aromatic heterocycles. The van der Waals surface area contributed by atoms with Crippen LogP contribution in [-0.2, 0) is 0 Å². The Kier molecular flexibility index (Phi) is 4.42. The van der Waals surface area contributed by atoms with Gasteiger partial charge in [0.25, 0.3) is 0 Å². The van der Waals surface area contributed by atoms with Crippen molar-refractivity contribution < 1.29 is 0 Å². The molecule has 2 aliphatic heterocycles. The Bertz CT molecular complexity index is 244. The third-order valence-electron chi connectivity index (χ3n) is 4.33. The monoisotopic (exact) mass is 240 g/mol. The predicted molar refractivity (Wildman–Crippen MR) is 72.4 cm³/mol. The first-order chi connectivity index (χ1) is 8.08. The van der Waals surface area contributed by atoms with Crippen LogP contribution in [0.25, 0.3) is 0 Å². The van der Waals surface area contributed by atoms with E-state index in [0.717, 1.165) is 12.5 Å². The quantitative estimate of drug-likeness (QED) is 0.736. The molecule has 0 aromatic rings. The molecule has 3 unspecified atom stereocenters. The van der Waals surface area contributed by atoms with E-state index >= 15 is 0 Å². The van der Waals surface area contributed by atoms with Crippen molar-refractivity contribution in [2.45, 2.75) is 18.5 Å². The van der Waals surface area contributed by atoms with Gasteiger partial charge in [0.1, 0.15) is 0 Å². The van der Waals surface area contributed by atoms with Crippen molar-refractivity contribution in [2.24, 2.45) is 5.92 Å². The van der Waals surface area contributed by atoms with Gasteiger partial charge in [-0.05, 0) is 47.1 Å². The molecule has 0 saturated carbocycles. The lowest BCUT2D eigenvalue weighted by molar-refractivity contribution is 0.114. The van der Waals surface area contributed by atoms with Gasteiger partial charge in [-0.15, -0.1) is 0 Å². The molecule has 1 N–H and O–H groups in total. The number of likely N-dealkylation sites (N-methyl/N-ethyl adjacent to an activating group) is 2. The molecular formula is C13H28N4. The van der Waals surface area contributed by atoms with Crippen LogP contribution in [0.1, 0.15) is 6.42 Å². The van der Waals surface area contributed by atoms with E-state index in [9.17, 15) is 0 Å². The lowest BCUT2D eigenvalue weighted by atomic mass is 9.90. The Hall–Kier alpha value is -0.160. The lowest BCUT2D eigenvalue weighted by Crippen LogP contribution is -2.60. The second-order valence-corrected chi connectivity index (χ2v) is 6.09. The van der Waals surface area contributed by atoms with Crippen molar-refractivity contribution >= 4 is 0 Å². The van der Waals surface area contributed by atoms with Gasteiger partial charge in [-0.3, -0.25) is 0 Å². The second-order valence-electron chi connectivity index (χ2n) is 6.09. The molecule has 0 aliphatic carbocycles. The smallest absolute Gasteiger partial charge is 0.0354 e. The molecule has 2 heterocycles. The van der Waals surface area contributed by atoms with Crippen LogP contribution >= 0.6 is 0 Å². The van der Waals surface area contributed by atoms with Crippen molar-refractivity contribution in [2.75, 3.05) is 60.9 Å². The van der Waals surface area contributed by atoms with Crippen molar-refractivity contribution in [1.82, 2.24) is 20.0 Å². The maximum Gasteiger partial charge on any atom is 0.0354 e. The van der Waals surface area contributed by atoms with Gasteiger partial charge in [0, 0.05) is 38.3 Å². The first-order valence-electron chi connectivity index (χ1n) is 6.85. The molecule has 0 aromatic carbocycles. The summed E-state index contributed by atoms with van der Waals surface area (Å²) in [6, 6.07) is 1.29. The predicted octanol–water partition coefficient (Wildman–Crippen LogP) is -0.228. The molecule has 2 fully saturated rings. The molecule has 2 saturated heterocycles. The fourth-order valence-corrected chi connectivity index (χ4v) is 3.52. The molecule has 100 valence electrons. The largest absolute Gasteiger partial charge is 0.310 e. The zero-order chi connectivity index (χ0) is 12.4. The summed E-state index contributed by atoms with van der Waals surface area (Å²) in [5, 5.41) is 3.72. The molecule has 4 nitrogen and oxygen atoms in total. The minimum Gasteiger partial charge on any atom is -0.310 e. The molecule has 2 rings (SSSR count). The van der Waals surface area contributed by atoms with Gasteiger partial charge >= 0.3 is 0 Å². The zero-order valence-corrected chi connectivity index (χ0v) is 11.8. The van der Waals surface area contributed by atoms with Gasteiger partial charge in [-0.25, -0.2) is 0 Å². The molecule has 0 amide bonds. The van der Waals surface area contributed by atoms with Crippen LogP contribution in [0.2, 0.25) is 0 Å². The van der Waals surface area contributed by atoms with Crippen LogP contribution in [-0.4, -0.2) is 87.7 Å². The van der Waals surface area contributed by atoms with E-state index in [2.05, 4.69) is 48.2 Å². The molecule has 0 spiro atoms. The van der Waals surface area contributed by atoms with Crippen molar-refractivity contribution in [1.29, 1.82) is 0 Å². The summed E-state index contributed by atoms with van der Waals surface area (Å²) in [6.45, 7) is 6.01. The number of nitrogens with one attached hydrogen (secondary N) is 1. The minimum atomic E-state index is 0.625. The number of hydrogen-bond acceptors (Lipinski definition) is 4. The Labute approximate surface area is 106 Å². The molecular weight excluding hydrogens is 212 g/mol. The third-order valence-corrected chi connectivity index (χ3v) is 4.33. The van der Waals surface area contributed by atoms with Gasteiger partial charge in [0.15, 0.2) is 0 Å². The Balaban J connectivity index is 2.01. The van der Waals surface area contributed by atoms with E-state index in [1.54, 1.807) is 0 Å².